The fourth-order valence-corrected chi connectivity index (χ4v) is 2.17. The van der Waals surface area contributed by atoms with E-state index in [-0.39, 0.29) is 16.6 Å². The van der Waals surface area contributed by atoms with Crippen LogP contribution in [0.4, 0.5) is 13.6 Å². The molecule has 0 fully saturated rings. The van der Waals surface area contributed by atoms with Gasteiger partial charge < -0.3 is 10.5 Å². The zero-order chi connectivity index (χ0) is 17.8. The number of nitrogens with one attached hydrogen (secondary N) is 2. The molecule has 23 heavy (non-hydrogen) atoms. The number of hydrazine groups is 1. The second kappa shape index (κ2) is 7.69. The van der Waals surface area contributed by atoms with Gasteiger partial charge in [0.2, 0.25) is 0 Å². The van der Waals surface area contributed by atoms with Crippen molar-refractivity contribution in [2.75, 3.05) is 0 Å². The Bertz CT molecular complexity index is 582. The lowest BCUT2D eigenvalue weighted by molar-refractivity contribution is -0.135. The molecule has 0 heterocycles. The molecule has 0 saturated carbocycles. The van der Waals surface area contributed by atoms with Gasteiger partial charge in [0.15, 0.2) is 6.10 Å². The molecule has 1 rings (SSSR count). The third kappa shape index (κ3) is 5.76. The van der Waals surface area contributed by atoms with E-state index in [2.05, 4.69) is 26.8 Å². The number of benzene rings is 1. The predicted octanol–water partition coefficient (Wildman–Crippen LogP) is 2.36. The highest BCUT2D eigenvalue weighted by atomic mass is 79.9. The van der Waals surface area contributed by atoms with E-state index in [0.29, 0.717) is 0 Å². The van der Waals surface area contributed by atoms with Gasteiger partial charge in [-0.1, -0.05) is 36.7 Å². The Morgan fingerprint density at radius 2 is 1.83 bits per heavy atom. The van der Waals surface area contributed by atoms with E-state index in [0.717, 1.165) is 12.1 Å². The van der Waals surface area contributed by atoms with Crippen LogP contribution < -0.4 is 16.6 Å². The average Bonchev–Trinajstić information content (AvgIpc) is 2.37. The molecule has 1 aromatic rings. The second-order valence-corrected chi connectivity index (χ2v) is 6.79. The lowest BCUT2D eigenvalue weighted by atomic mass is 9.88. The van der Waals surface area contributed by atoms with E-state index in [1.807, 2.05) is 0 Å². The van der Waals surface area contributed by atoms with Gasteiger partial charge in [-0.25, -0.2) is 19.0 Å². The molecule has 0 aliphatic carbocycles. The number of rotatable bonds is 5. The largest absolute Gasteiger partial charge is 0.436 e. The Balaban J connectivity index is 2.70. The summed E-state index contributed by atoms with van der Waals surface area (Å²) >= 11 is 2.97. The highest BCUT2D eigenvalue weighted by molar-refractivity contribution is 9.10. The summed E-state index contributed by atoms with van der Waals surface area (Å²) in [7, 11) is 0. The molecule has 0 saturated heterocycles. The van der Waals surface area contributed by atoms with Crippen LogP contribution in [0, 0.1) is 17.0 Å². The van der Waals surface area contributed by atoms with Gasteiger partial charge in [0.1, 0.15) is 11.6 Å². The van der Waals surface area contributed by atoms with Gasteiger partial charge >= 0.3 is 6.09 Å². The third-order valence-corrected chi connectivity index (χ3v) is 3.30. The SMILES string of the molecule is CC(C)(C)[C@H](OC(N)=O)C(=O)NNCc1c(F)cc(Br)cc1F. The molecule has 1 aromatic carbocycles. The first-order chi connectivity index (χ1) is 10.5. The van der Waals surface area contributed by atoms with Crippen LogP contribution in [0.5, 0.6) is 0 Å². The summed E-state index contributed by atoms with van der Waals surface area (Å²) in [5, 5.41) is 0. The van der Waals surface area contributed by atoms with Crippen LogP contribution in [-0.4, -0.2) is 18.1 Å². The number of halogens is 3. The fraction of sp³-hybridized carbons (Fsp3) is 0.429. The van der Waals surface area contributed by atoms with E-state index in [1.165, 1.54) is 0 Å². The van der Waals surface area contributed by atoms with Crippen molar-refractivity contribution < 1.29 is 23.1 Å². The number of ether oxygens (including phenoxy) is 1. The molecule has 1 atom stereocenters. The number of hydrogen-bond donors (Lipinski definition) is 3. The van der Waals surface area contributed by atoms with Crippen LogP contribution in [-0.2, 0) is 16.1 Å². The maximum atomic E-state index is 13.6. The first-order valence-corrected chi connectivity index (χ1v) is 7.44. The Kier molecular flexibility index (Phi) is 6.46. The summed E-state index contributed by atoms with van der Waals surface area (Å²) in [5.74, 6) is -2.21. The van der Waals surface area contributed by atoms with Crippen molar-refractivity contribution >= 4 is 27.9 Å². The normalized spacial score (nSPS) is 12.6. The standard InChI is InChI=1S/C14H18BrF2N3O3/c1-14(2,3)11(23-13(18)22)12(21)20-19-6-8-9(16)4-7(15)5-10(8)17/h4-5,11,19H,6H2,1-3H3,(H2,18,22)(H,20,21)/t11-/m1/s1. The molecule has 0 aromatic heterocycles. The summed E-state index contributed by atoms with van der Waals surface area (Å²) in [6.07, 6.45) is -2.25. The number of carbonyl (C=O) groups excluding carboxylic acids is 2. The molecule has 0 aliphatic rings. The van der Waals surface area contributed by atoms with Crippen LogP contribution in [0.2, 0.25) is 0 Å². The minimum absolute atomic E-state index is 0.239. The van der Waals surface area contributed by atoms with Crippen LogP contribution in [0.15, 0.2) is 16.6 Å². The van der Waals surface area contributed by atoms with Gasteiger partial charge in [-0.15, -0.1) is 0 Å². The van der Waals surface area contributed by atoms with E-state index in [9.17, 15) is 18.4 Å². The Labute approximate surface area is 140 Å². The van der Waals surface area contributed by atoms with Crippen LogP contribution >= 0.6 is 15.9 Å². The summed E-state index contributed by atoms with van der Waals surface area (Å²) in [4.78, 5) is 22.9. The minimum atomic E-state index is -1.16. The average molecular weight is 394 g/mol. The highest BCUT2D eigenvalue weighted by Crippen LogP contribution is 2.22. The lowest BCUT2D eigenvalue weighted by Gasteiger charge is -2.28. The summed E-state index contributed by atoms with van der Waals surface area (Å²) in [6, 6.07) is 2.21. The monoisotopic (exact) mass is 393 g/mol. The molecule has 2 amide bonds. The number of amides is 2. The van der Waals surface area contributed by atoms with Crippen LogP contribution in [0.25, 0.3) is 0 Å². The lowest BCUT2D eigenvalue weighted by Crippen LogP contribution is -2.50. The van der Waals surface area contributed by atoms with Crippen LogP contribution in [0.3, 0.4) is 0 Å². The first kappa shape index (κ1) is 19.3. The molecule has 128 valence electrons. The van der Waals surface area contributed by atoms with Crippen molar-refractivity contribution in [1.29, 1.82) is 0 Å². The van der Waals surface area contributed by atoms with Gasteiger partial charge in [-0.2, -0.15) is 0 Å². The molecule has 0 aliphatic heterocycles. The van der Waals surface area contributed by atoms with E-state index in [4.69, 9.17) is 10.5 Å². The van der Waals surface area contributed by atoms with Crippen molar-refractivity contribution in [1.82, 2.24) is 10.9 Å². The van der Waals surface area contributed by atoms with Gasteiger partial charge in [0.25, 0.3) is 5.91 Å². The maximum Gasteiger partial charge on any atom is 0.405 e. The van der Waals surface area contributed by atoms with Crippen molar-refractivity contribution in [2.24, 2.45) is 11.1 Å². The Hall–Kier alpha value is -1.74. The molecular weight excluding hydrogens is 376 g/mol. The van der Waals surface area contributed by atoms with E-state index in [1.54, 1.807) is 20.8 Å². The van der Waals surface area contributed by atoms with E-state index >= 15 is 0 Å². The quantitative estimate of drug-likeness (QED) is 0.669. The minimum Gasteiger partial charge on any atom is -0.436 e. The molecule has 0 unspecified atom stereocenters. The van der Waals surface area contributed by atoms with Gasteiger partial charge in [0, 0.05) is 22.0 Å². The number of primary amides is 1. The molecule has 4 N–H and O–H groups in total. The fourth-order valence-electron chi connectivity index (χ4n) is 1.77. The van der Waals surface area contributed by atoms with Gasteiger partial charge in [-0.05, 0) is 12.1 Å². The van der Waals surface area contributed by atoms with Crippen molar-refractivity contribution in [3.63, 3.8) is 0 Å². The van der Waals surface area contributed by atoms with Crippen molar-refractivity contribution in [2.45, 2.75) is 33.4 Å². The van der Waals surface area contributed by atoms with Gasteiger partial charge in [0.05, 0.1) is 0 Å². The molecule has 6 nitrogen and oxygen atoms in total. The summed E-state index contributed by atoms with van der Waals surface area (Å²) in [5.41, 5.74) is 8.63. The maximum absolute atomic E-state index is 13.6. The van der Waals surface area contributed by atoms with Gasteiger partial charge in [-0.3, -0.25) is 10.2 Å². The smallest absolute Gasteiger partial charge is 0.405 e. The van der Waals surface area contributed by atoms with Crippen molar-refractivity contribution in [3.8, 4) is 0 Å². The Morgan fingerprint density at radius 3 is 2.26 bits per heavy atom. The third-order valence-electron chi connectivity index (χ3n) is 2.84. The second-order valence-electron chi connectivity index (χ2n) is 5.87. The number of carbonyl (C=O) groups is 2. The number of nitrogens with two attached hydrogens (primary N) is 1. The summed E-state index contributed by atoms with van der Waals surface area (Å²) < 4.78 is 32.3. The zero-order valence-electron chi connectivity index (χ0n) is 12.9. The molecule has 0 bridgehead atoms. The van der Waals surface area contributed by atoms with Crippen molar-refractivity contribution in [3.05, 3.63) is 33.8 Å². The van der Waals surface area contributed by atoms with E-state index < -0.39 is 35.2 Å². The van der Waals surface area contributed by atoms with Crippen LogP contribution in [0.1, 0.15) is 26.3 Å². The Morgan fingerprint density at radius 1 is 1.30 bits per heavy atom. The molecular formula is C14H18BrF2N3O3. The number of hydrogen-bond acceptors (Lipinski definition) is 4. The molecule has 9 heteroatoms. The predicted molar refractivity (Wildman–Crippen MR) is 83.0 cm³/mol. The highest BCUT2D eigenvalue weighted by Gasteiger charge is 2.34. The topological polar surface area (TPSA) is 93.5 Å². The zero-order valence-corrected chi connectivity index (χ0v) is 14.5. The first-order valence-electron chi connectivity index (χ1n) is 6.64. The molecule has 0 radical (unpaired) electrons. The molecule has 0 spiro atoms. The summed E-state index contributed by atoms with van der Waals surface area (Å²) in [6.45, 7) is 4.74.